The average molecular weight is 379 g/mol. The normalized spacial score (nSPS) is 19.0. The van der Waals surface area contributed by atoms with Gasteiger partial charge in [-0.15, -0.1) is 0 Å². The lowest BCUT2D eigenvalue weighted by Gasteiger charge is -2.35. The Kier molecular flexibility index (Phi) is 4.34. The van der Waals surface area contributed by atoms with Crippen molar-refractivity contribution < 1.29 is 27.6 Å². The maximum Gasteiger partial charge on any atom is 0.410 e. The smallest absolute Gasteiger partial charge is 0.410 e. The lowest BCUT2D eigenvalue weighted by Crippen LogP contribution is -2.55. The van der Waals surface area contributed by atoms with Gasteiger partial charge in [0.25, 0.3) is 5.89 Å². The molecule has 0 bridgehead atoms. The van der Waals surface area contributed by atoms with E-state index in [4.69, 9.17) is 9.26 Å². The van der Waals surface area contributed by atoms with E-state index in [1.807, 2.05) is 0 Å². The summed E-state index contributed by atoms with van der Waals surface area (Å²) in [5.41, 5.74) is -0.412. The van der Waals surface area contributed by atoms with Crippen LogP contribution in [0.4, 0.5) is 18.4 Å². The number of carbonyl (C=O) groups is 2. The van der Waals surface area contributed by atoms with Gasteiger partial charge in [0.05, 0.1) is 12.6 Å². The average Bonchev–Trinajstić information content (AvgIpc) is 3.26. The zero-order valence-corrected chi connectivity index (χ0v) is 14.0. The summed E-state index contributed by atoms with van der Waals surface area (Å²) < 4.78 is 37.4. The fourth-order valence-electron chi connectivity index (χ4n) is 3.07. The minimum atomic E-state index is -0.819. The Morgan fingerprint density at radius 1 is 1.30 bits per heavy atom. The standard InChI is InChI=1S/C16H15F2N5O4/c17-10-2-1-3-11(18)13(10)14-20-12(21-27-14)6-19-15(24)22-4-5-23-9(7-22)8-26-16(23)25/h1-3,9H,4-8H2,(H,19,24)/t9-/m1/s1. The third kappa shape index (κ3) is 3.27. The van der Waals surface area contributed by atoms with Gasteiger partial charge in [-0.05, 0) is 12.1 Å². The molecule has 2 aliphatic rings. The van der Waals surface area contributed by atoms with Crippen molar-refractivity contribution in [3.8, 4) is 11.5 Å². The molecule has 2 saturated heterocycles. The predicted octanol–water partition coefficient (Wildman–Crippen LogP) is 1.36. The first-order valence-electron chi connectivity index (χ1n) is 8.26. The van der Waals surface area contributed by atoms with Crippen molar-refractivity contribution in [2.45, 2.75) is 12.6 Å². The fourth-order valence-corrected chi connectivity index (χ4v) is 3.07. The zero-order valence-electron chi connectivity index (χ0n) is 14.0. The molecule has 27 heavy (non-hydrogen) atoms. The van der Waals surface area contributed by atoms with E-state index in [9.17, 15) is 18.4 Å². The van der Waals surface area contributed by atoms with E-state index in [0.29, 0.717) is 19.6 Å². The summed E-state index contributed by atoms with van der Waals surface area (Å²) in [6, 6.07) is 2.88. The Morgan fingerprint density at radius 2 is 2.07 bits per heavy atom. The van der Waals surface area contributed by atoms with Crippen LogP contribution in [-0.4, -0.2) is 64.3 Å². The van der Waals surface area contributed by atoms with Crippen LogP contribution in [0.25, 0.3) is 11.5 Å². The van der Waals surface area contributed by atoms with Crippen molar-refractivity contribution in [1.29, 1.82) is 0 Å². The third-order valence-electron chi connectivity index (χ3n) is 4.45. The first kappa shape index (κ1) is 17.2. The molecule has 2 fully saturated rings. The van der Waals surface area contributed by atoms with Gasteiger partial charge in [0.1, 0.15) is 23.8 Å². The number of nitrogens with one attached hydrogen (secondary N) is 1. The molecule has 9 nitrogen and oxygen atoms in total. The number of nitrogens with zero attached hydrogens (tertiary/aromatic N) is 4. The van der Waals surface area contributed by atoms with Crippen LogP contribution in [0.15, 0.2) is 22.7 Å². The molecule has 2 aromatic rings. The molecule has 1 atom stereocenters. The molecule has 11 heteroatoms. The molecule has 0 aliphatic carbocycles. The Morgan fingerprint density at radius 3 is 2.85 bits per heavy atom. The fraction of sp³-hybridized carbons (Fsp3) is 0.375. The summed E-state index contributed by atoms with van der Waals surface area (Å²) in [4.78, 5) is 30.8. The Bertz CT molecular complexity index is 869. The summed E-state index contributed by atoms with van der Waals surface area (Å²) >= 11 is 0. The molecule has 1 aromatic carbocycles. The summed E-state index contributed by atoms with van der Waals surface area (Å²) in [7, 11) is 0. The molecule has 2 aliphatic heterocycles. The molecule has 0 unspecified atom stereocenters. The quantitative estimate of drug-likeness (QED) is 0.864. The highest BCUT2D eigenvalue weighted by Gasteiger charge is 2.38. The molecule has 0 radical (unpaired) electrons. The maximum atomic E-state index is 13.8. The van der Waals surface area contributed by atoms with Crippen LogP contribution >= 0.6 is 0 Å². The molecule has 0 saturated carbocycles. The van der Waals surface area contributed by atoms with Gasteiger partial charge in [-0.2, -0.15) is 4.98 Å². The summed E-state index contributed by atoms with van der Waals surface area (Å²) in [5, 5.41) is 6.25. The van der Waals surface area contributed by atoms with Gasteiger partial charge in [-0.25, -0.2) is 18.4 Å². The van der Waals surface area contributed by atoms with Crippen LogP contribution in [-0.2, 0) is 11.3 Å². The molecule has 142 valence electrons. The number of carbonyl (C=O) groups excluding carboxylic acids is 2. The van der Waals surface area contributed by atoms with Crippen LogP contribution < -0.4 is 5.32 Å². The number of aromatic nitrogens is 2. The first-order valence-corrected chi connectivity index (χ1v) is 8.26. The van der Waals surface area contributed by atoms with E-state index in [2.05, 4.69) is 15.5 Å². The molecule has 0 spiro atoms. The van der Waals surface area contributed by atoms with Crippen LogP contribution in [0, 0.1) is 11.6 Å². The van der Waals surface area contributed by atoms with Gasteiger partial charge in [-0.1, -0.05) is 11.2 Å². The molecule has 3 heterocycles. The van der Waals surface area contributed by atoms with Crippen LogP contribution in [0.3, 0.4) is 0 Å². The topological polar surface area (TPSA) is 101 Å². The number of benzene rings is 1. The van der Waals surface area contributed by atoms with Gasteiger partial charge in [0.2, 0.25) is 0 Å². The highest BCUT2D eigenvalue weighted by Crippen LogP contribution is 2.24. The van der Waals surface area contributed by atoms with Crippen LogP contribution in [0.1, 0.15) is 5.82 Å². The predicted molar refractivity (Wildman–Crippen MR) is 85.3 cm³/mol. The molecule has 1 aromatic heterocycles. The van der Waals surface area contributed by atoms with E-state index in [-0.39, 0.29) is 43.0 Å². The van der Waals surface area contributed by atoms with Crippen LogP contribution in [0.2, 0.25) is 0 Å². The Hall–Kier alpha value is -3.24. The highest BCUT2D eigenvalue weighted by molar-refractivity contribution is 5.75. The lowest BCUT2D eigenvalue weighted by molar-refractivity contribution is 0.127. The lowest BCUT2D eigenvalue weighted by atomic mass is 10.2. The van der Waals surface area contributed by atoms with Crippen molar-refractivity contribution >= 4 is 12.1 Å². The van der Waals surface area contributed by atoms with Crippen molar-refractivity contribution in [1.82, 2.24) is 25.3 Å². The van der Waals surface area contributed by atoms with E-state index in [0.717, 1.165) is 12.1 Å². The Labute approximate surface area is 151 Å². The number of amides is 3. The number of hydrogen-bond acceptors (Lipinski definition) is 6. The monoisotopic (exact) mass is 379 g/mol. The Balaban J connectivity index is 1.36. The van der Waals surface area contributed by atoms with Gasteiger partial charge in [0, 0.05) is 19.6 Å². The van der Waals surface area contributed by atoms with E-state index >= 15 is 0 Å². The number of piperazine rings is 1. The number of rotatable bonds is 3. The summed E-state index contributed by atoms with van der Waals surface area (Å²) in [5.74, 6) is -1.86. The van der Waals surface area contributed by atoms with Crippen molar-refractivity contribution in [3.05, 3.63) is 35.7 Å². The number of cyclic esters (lactones) is 1. The number of hydrogen-bond donors (Lipinski definition) is 1. The number of fused-ring (bicyclic) bond motifs is 1. The van der Waals surface area contributed by atoms with E-state index in [1.165, 1.54) is 6.07 Å². The third-order valence-corrected chi connectivity index (χ3v) is 4.45. The molecule has 3 amide bonds. The van der Waals surface area contributed by atoms with Gasteiger partial charge in [0.15, 0.2) is 5.82 Å². The highest BCUT2D eigenvalue weighted by atomic mass is 19.1. The van der Waals surface area contributed by atoms with Gasteiger partial charge >= 0.3 is 12.1 Å². The first-order chi connectivity index (χ1) is 13.0. The molecule has 4 rings (SSSR count). The molecular formula is C16H15F2N5O4. The minimum absolute atomic E-state index is 0.0707. The van der Waals surface area contributed by atoms with E-state index < -0.39 is 17.2 Å². The van der Waals surface area contributed by atoms with Gasteiger partial charge in [-0.3, -0.25) is 4.90 Å². The minimum Gasteiger partial charge on any atom is -0.447 e. The van der Waals surface area contributed by atoms with Crippen molar-refractivity contribution in [2.75, 3.05) is 26.2 Å². The molecular weight excluding hydrogens is 364 g/mol. The van der Waals surface area contributed by atoms with Crippen LogP contribution in [0.5, 0.6) is 0 Å². The second-order valence-corrected chi connectivity index (χ2v) is 6.14. The number of urea groups is 1. The summed E-state index contributed by atoms with van der Waals surface area (Å²) in [6.07, 6.45) is -0.361. The zero-order chi connectivity index (χ0) is 19.0. The van der Waals surface area contributed by atoms with E-state index in [1.54, 1.807) is 9.80 Å². The number of ether oxygens (including phenoxy) is 1. The van der Waals surface area contributed by atoms with Crippen molar-refractivity contribution in [2.24, 2.45) is 0 Å². The SMILES string of the molecule is O=C(NCc1noc(-c2c(F)cccc2F)n1)N1CCN2C(=O)OC[C@H]2C1. The second kappa shape index (κ2) is 6.82. The second-order valence-electron chi connectivity index (χ2n) is 6.14. The van der Waals surface area contributed by atoms with Crippen molar-refractivity contribution in [3.63, 3.8) is 0 Å². The maximum absolute atomic E-state index is 13.8. The largest absolute Gasteiger partial charge is 0.447 e. The summed E-state index contributed by atoms with van der Waals surface area (Å²) in [6.45, 7) is 1.31. The molecule has 1 N–H and O–H groups in total. The number of halogens is 2. The van der Waals surface area contributed by atoms with Gasteiger partial charge < -0.3 is 19.5 Å².